The largest absolute Gasteiger partial charge is 0.477 e. The summed E-state index contributed by atoms with van der Waals surface area (Å²) in [7, 11) is 0. The Bertz CT molecular complexity index is 572. The first-order valence-electron chi connectivity index (χ1n) is 5.65. The Morgan fingerprint density at radius 2 is 2.00 bits per heavy atom. The molecule has 0 aliphatic heterocycles. The summed E-state index contributed by atoms with van der Waals surface area (Å²) in [5.74, 6) is 0.250. The zero-order valence-electron chi connectivity index (χ0n) is 9.94. The van der Waals surface area contributed by atoms with E-state index in [1.807, 2.05) is 0 Å². The highest BCUT2D eigenvalue weighted by molar-refractivity contribution is 5.86. The van der Waals surface area contributed by atoms with E-state index >= 15 is 0 Å². The average Bonchev–Trinajstić information content (AvgIpc) is 2.33. The van der Waals surface area contributed by atoms with Crippen LogP contribution in [0.3, 0.4) is 0 Å². The molecule has 1 heterocycles. The monoisotopic (exact) mass is 271 g/mol. The standard InChI is InChI=1S/C12H12F3N3O/c13-12(14,15)4-1-5-19-11-9-6-8(16)2-3-10(9)17-7-18-11/h2-3,6-7H,1,4-5,16H2. The molecule has 19 heavy (non-hydrogen) atoms. The van der Waals surface area contributed by atoms with Crippen molar-refractivity contribution in [2.45, 2.75) is 19.0 Å². The number of fused-ring (bicyclic) bond motifs is 1. The number of alkyl halides is 3. The van der Waals surface area contributed by atoms with Gasteiger partial charge in [-0.05, 0) is 24.6 Å². The van der Waals surface area contributed by atoms with Gasteiger partial charge in [0.1, 0.15) is 6.33 Å². The number of nitrogen functional groups attached to an aromatic ring is 1. The van der Waals surface area contributed by atoms with Crippen LogP contribution in [0.1, 0.15) is 12.8 Å². The molecule has 0 atom stereocenters. The molecule has 0 aliphatic rings. The minimum Gasteiger partial charge on any atom is -0.477 e. The molecule has 2 aromatic rings. The Kier molecular flexibility index (Phi) is 3.73. The predicted molar refractivity (Wildman–Crippen MR) is 64.7 cm³/mol. The fourth-order valence-corrected chi connectivity index (χ4v) is 1.61. The van der Waals surface area contributed by atoms with Gasteiger partial charge in [-0.3, -0.25) is 0 Å². The third kappa shape index (κ3) is 3.70. The van der Waals surface area contributed by atoms with Crippen molar-refractivity contribution >= 4 is 16.6 Å². The van der Waals surface area contributed by atoms with Crippen LogP contribution in [0.2, 0.25) is 0 Å². The van der Waals surface area contributed by atoms with Crippen molar-refractivity contribution in [1.29, 1.82) is 0 Å². The van der Waals surface area contributed by atoms with Crippen LogP contribution in [0.15, 0.2) is 24.5 Å². The van der Waals surface area contributed by atoms with Crippen molar-refractivity contribution in [3.63, 3.8) is 0 Å². The first-order valence-corrected chi connectivity index (χ1v) is 5.65. The summed E-state index contributed by atoms with van der Waals surface area (Å²) in [5, 5.41) is 0.592. The Balaban J connectivity index is 2.06. The van der Waals surface area contributed by atoms with Gasteiger partial charge in [-0.1, -0.05) is 0 Å². The first-order chi connectivity index (χ1) is 8.96. The Morgan fingerprint density at radius 3 is 2.74 bits per heavy atom. The number of nitrogens with two attached hydrogens (primary N) is 1. The molecular formula is C12H12F3N3O. The van der Waals surface area contributed by atoms with E-state index in [0.29, 0.717) is 16.6 Å². The molecule has 2 N–H and O–H groups in total. The fourth-order valence-electron chi connectivity index (χ4n) is 1.61. The summed E-state index contributed by atoms with van der Waals surface area (Å²) >= 11 is 0. The Labute approximate surface area is 107 Å². The van der Waals surface area contributed by atoms with Crippen molar-refractivity contribution in [3.05, 3.63) is 24.5 Å². The van der Waals surface area contributed by atoms with E-state index in [1.54, 1.807) is 18.2 Å². The van der Waals surface area contributed by atoms with Gasteiger partial charge in [-0.2, -0.15) is 13.2 Å². The van der Waals surface area contributed by atoms with Gasteiger partial charge < -0.3 is 10.5 Å². The molecule has 4 nitrogen and oxygen atoms in total. The molecule has 2 rings (SSSR count). The van der Waals surface area contributed by atoms with E-state index in [4.69, 9.17) is 10.5 Å². The summed E-state index contributed by atoms with van der Waals surface area (Å²) in [6, 6.07) is 5.02. The molecule has 102 valence electrons. The predicted octanol–water partition coefficient (Wildman–Crippen LogP) is 2.93. The smallest absolute Gasteiger partial charge is 0.389 e. The van der Waals surface area contributed by atoms with Gasteiger partial charge in [0, 0.05) is 12.1 Å². The zero-order valence-corrected chi connectivity index (χ0v) is 9.94. The number of anilines is 1. The molecule has 0 saturated carbocycles. The van der Waals surface area contributed by atoms with Crippen LogP contribution in [0.5, 0.6) is 5.88 Å². The lowest BCUT2D eigenvalue weighted by Gasteiger charge is -2.09. The average molecular weight is 271 g/mol. The van der Waals surface area contributed by atoms with Gasteiger partial charge in [0.05, 0.1) is 17.5 Å². The van der Waals surface area contributed by atoms with Crippen LogP contribution in [0.4, 0.5) is 18.9 Å². The van der Waals surface area contributed by atoms with Crippen molar-refractivity contribution in [2.24, 2.45) is 0 Å². The topological polar surface area (TPSA) is 61.0 Å². The van der Waals surface area contributed by atoms with E-state index in [2.05, 4.69) is 9.97 Å². The Morgan fingerprint density at radius 1 is 1.21 bits per heavy atom. The number of aromatic nitrogens is 2. The lowest BCUT2D eigenvalue weighted by molar-refractivity contribution is -0.136. The molecule has 0 fully saturated rings. The van der Waals surface area contributed by atoms with Crippen molar-refractivity contribution in [2.75, 3.05) is 12.3 Å². The molecule has 0 saturated heterocycles. The van der Waals surface area contributed by atoms with Crippen LogP contribution in [0.25, 0.3) is 10.9 Å². The van der Waals surface area contributed by atoms with Gasteiger partial charge in [0.15, 0.2) is 0 Å². The fraction of sp³-hybridized carbons (Fsp3) is 0.333. The number of hydrogen-bond acceptors (Lipinski definition) is 4. The highest BCUT2D eigenvalue weighted by atomic mass is 19.4. The van der Waals surface area contributed by atoms with Gasteiger partial charge in [-0.15, -0.1) is 0 Å². The summed E-state index contributed by atoms with van der Waals surface area (Å²) in [6.45, 7) is -0.0551. The van der Waals surface area contributed by atoms with Crippen molar-refractivity contribution in [3.8, 4) is 5.88 Å². The van der Waals surface area contributed by atoms with Crippen molar-refractivity contribution in [1.82, 2.24) is 9.97 Å². The maximum Gasteiger partial charge on any atom is 0.389 e. The number of rotatable bonds is 4. The SMILES string of the molecule is Nc1ccc2ncnc(OCCCC(F)(F)F)c2c1. The van der Waals surface area contributed by atoms with Gasteiger partial charge in [0.2, 0.25) is 5.88 Å². The first kappa shape index (κ1) is 13.4. The third-order valence-electron chi connectivity index (χ3n) is 2.47. The van der Waals surface area contributed by atoms with Crippen LogP contribution in [-0.2, 0) is 0 Å². The summed E-state index contributed by atoms with van der Waals surface area (Å²) in [4.78, 5) is 7.94. The molecule has 0 radical (unpaired) electrons. The number of hydrogen-bond donors (Lipinski definition) is 1. The van der Waals surface area contributed by atoms with Crippen LogP contribution in [-0.4, -0.2) is 22.8 Å². The summed E-state index contributed by atoms with van der Waals surface area (Å²) in [6.07, 6.45) is -3.85. The maximum absolute atomic E-state index is 12.0. The van der Waals surface area contributed by atoms with Crippen LogP contribution < -0.4 is 10.5 Å². The molecular weight excluding hydrogens is 259 g/mol. The second-order valence-corrected chi connectivity index (χ2v) is 4.02. The molecule has 0 bridgehead atoms. The highest BCUT2D eigenvalue weighted by Crippen LogP contribution is 2.25. The van der Waals surface area contributed by atoms with Gasteiger partial charge >= 0.3 is 6.18 Å². The molecule has 1 aromatic carbocycles. The maximum atomic E-state index is 12.0. The van der Waals surface area contributed by atoms with Gasteiger partial charge in [0.25, 0.3) is 0 Å². The lowest BCUT2D eigenvalue weighted by Crippen LogP contribution is -2.10. The van der Waals surface area contributed by atoms with Crippen LogP contribution in [0, 0.1) is 0 Å². The number of halogens is 3. The lowest BCUT2D eigenvalue weighted by atomic mass is 10.2. The zero-order chi connectivity index (χ0) is 13.9. The van der Waals surface area contributed by atoms with E-state index in [9.17, 15) is 13.2 Å². The van der Waals surface area contributed by atoms with Crippen molar-refractivity contribution < 1.29 is 17.9 Å². The molecule has 0 amide bonds. The number of benzene rings is 1. The normalized spacial score (nSPS) is 11.7. The molecule has 1 aromatic heterocycles. The summed E-state index contributed by atoms with van der Waals surface area (Å²) < 4.78 is 41.2. The molecule has 0 aliphatic carbocycles. The highest BCUT2D eigenvalue weighted by Gasteiger charge is 2.26. The molecule has 7 heteroatoms. The second-order valence-electron chi connectivity index (χ2n) is 4.02. The summed E-state index contributed by atoms with van der Waals surface area (Å²) in [5.41, 5.74) is 6.80. The molecule has 0 unspecified atom stereocenters. The molecule has 0 spiro atoms. The van der Waals surface area contributed by atoms with Crippen LogP contribution >= 0.6 is 0 Å². The second kappa shape index (κ2) is 5.29. The van der Waals surface area contributed by atoms with E-state index < -0.39 is 12.6 Å². The quantitative estimate of drug-likeness (QED) is 0.686. The Hall–Kier alpha value is -2.05. The van der Waals surface area contributed by atoms with Gasteiger partial charge in [-0.25, -0.2) is 9.97 Å². The third-order valence-corrected chi connectivity index (χ3v) is 2.47. The number of nitrogens with zero attached hydrogens (tertiary/aromatic N) is 2. The number of ether oxygens (including phenoxy) is 1. The van der Waals surface area contributed by atoms with E-state index in [-0.39, 0.29) is 18.9 Å². The minimum absolute atomic E-state index is 0.0551. The van der Waals surface area contributed by atoms with E-state index in [1.165, 1.54) is 6.33 Å². The van der Waals surface area contributed by atoms with E-state index in [0.717, 1.165) is 0 Å². The minimum atomic E-state index is -4.17.